The first-order valence-corrected chi connectivity index (χ1v) is 9.78. The number of anilines is 1. The molecule has 8 heteroatoms. The zero-order valence-electron chi connectivity index (χ0n) is 14.0. The SMILES string of the molecule is CS(=O)(=O)c1ccc(NC(=O)CCn2cnc3ccccc3c2=O)cc1. The van der Waals surface area contributed by atoms with Gasteiger partial charge in [0.15, 0.2) is 9.84 Å². The number of fused-ring (bicyclic) bond motifs is 1. The highest BCUT2D eigenvalue weighted by Crippen LogP contribution is 2.14. The summed E-state index contributed by atoms with van der Waals surface area (Å²) in [4.78, 5) is 28.8. The number of hydrogen-bond acceptors (Lipinski definition) is 5. The summed E-state index contributed by atoms with van der Waals surface area (Å²) in [5.41, 5.74) is 0.913. The van der Waals surface area contributed by atoms with Crippen molar-refractivity contribution in [2.45, 2.75) is 17.9 Å². The van der Waals surface area contributed by atoms with Gasteiger partial charge in [-0.2, -0.15) is 0 Å². The molecular weight excluding hydrogens is 354 g/mol. The molecule has 2 aromatic carbocycles. The van der Waals surface area contributed by atoms with E-state index in [-0.39, 0.29) is 29.3 Å². The van der Waals surface area contributed by atoms with Crippen molar-refractivity contribution in [1.29, 1.82) is 0 Å². The van der Waals surface area contributed by atoms with Crippen LogP contribution in [-0.4, -0.2) is 30.1 Å². The van der Waals surface area contributed by atoms with Crippen molar-refractivity contribution in [3.8, 4) is 0 Å². The summed E-state index contributed by atoms with van der Waals surface area (Å²) in [5.74, 6) is -0.280. The van der Waals surface area contributed by atoms with Crippen molar-refractivity contribution >= 4 is 32.3 Å². The Morgan fingerprint density at radius 1 is 1.12 bits per heavy atom. The number of rotatable bonds is 5. The van der Waals surface area contributed by atoms with Gasteiger partial charge in [-0.25, -0.2) is 13.4 Å². The lowest BCUT2D eigenvalue weighted by atomic mass is 10.2. The fraction of sp³-hybridized carbons (Fsp3) is 0.167. The number of benzene rings is 2. The number of carbonyl (C=O) groups is 1. The van der Waals surface area contributed by atoms with E-state index in [0.29, 0.717) is 16.6 Å². The van der Waals surface area contributed by atoms with Crippen LogP contribution in [0, 0.1) is 0 Å². The second kappa shape index (κ2) is 7.09. The molecule has 7 nitrogen and oxygen atoms in total. The Morgan fingerprint density at radius 3 is 2.50 bits per heavy atom. The van der Waals surface area contributed by atoms with Gasteiger partial charge in [0.05, 0.1) is 22.1 Å². The van der Waals surface area contributed by atoms with Crippen LogP contribution in [0.15, 0.2) is 64.5 Å². The van der Waals surface area contributed by atoms with Gasteiger partial charge >= 0.3 is 0 Å². The molecule has 3 aromatic rings. The third-order valence-electron chi connectivity index (χ3n) is 3.88. The van der Waals surface area contributed by atoms with Gasteiger partial charge in [0.1, 0.15) is 0 Å². The molecule has 0 fully saturated rings. The first-order chi connectivity index (χ1) is 12.3. The molecular formula is C18H17N3O4S. The predicted octanol–water partition coefficient (Wildman–Crippen LogP) is 1.83. The minimum atomic E-state index is -3.27. The molecule has 0 spiro atoms. The summed E-state index contributed by atoms with van der Waals surface area (Å²) in [5, 5.41) is 3.18. The first kappa shape index (κ1) is 17.8. The topological polar surface area (TPSA) is 98.1 Å². The Kier molecular flexibility index (Phi) is 4.85. The number of nitrogens with zero attached hydrogens (tertiary/aromatic N) is 2. The normalized spacial score (nSPS) is 11.4. The van der Waals surface area contributed by atoms with E-state index in [1.807, 2.05) is 6.07 Å². The fourth-order valence-corrected chi connectivity index (χ4v) is 3.13. The second-order valence-corrected chi connectivity index (χ2v) is 7.87. The molecule has 0 aliphatic heterocycles. The largest absolute Gasteiger partial charge is 0.326 e. The molecule has 1 amide bonds. The van der Waals surface area contributed by atoms with E-state index in [9.17, 15) is 18.0 Å². The molecule has 1 heterocycles. The molecule has 0 radical (unpaired) electrons. The molecule has 0 aliphatic carbocycles. The van der Waals surface area contributed by atoms with Crippen molar-refractivity contribution in [2.24, 2.45) is 0 Å². The minimum Gasteiger partial charge on any atom is -0.326 e. The maximum absolute atomic E-state index is 12.4. The first-order valence-electron chi connectivity index (χ1n) is 7.89. The highest BCUT2D eigenvalue weighted by atomic mass is 32.2. The zero-order chi connectivity index (χ0) is 18.7. The average molecular weight is 371 g/mol. The quantitative estimate of drug-likeness (QED) is 0.738. The lowest BCUT2D eigenvalue weighted by molar-refractivity contribution is -0.116. The number of sulfone groups is 1. The summed E-state index contributed by atoms with van der Waals surface area (Å²) >= 11 is 0. The van der Waals surface area contributed by atoms with Gasteiger partial charge in [0, 0.05) is 24.9 Å². The molecule has 0 saturated carbocycles. The summed E-state index contributed by atoms with van der Waals surface area (Å²) < 4.78 is 24.2. The van der Waals surface area contributed by atoms with Crippen LogP contribution in [0.3, 0.4) is 0 Å². The van der Waals surface area contributed by atoms with Gasteiger partial charge < -0.3 is 5.32 Å². The van der Waals surface area contributed by atoms with E-state index in [2.05, 4.69) is 10.3 Å². The van der Waals surface area contributed by atoms with Gasteiger partial charge in [0.25, 0.3) is 5.56 Å². The van der Waals surface area contributed by atoms with E-state index in [0.717, 1.165) is 6.26 Å². The lowest BCUT2D eigenvalue weighted by Crippen LogP contribution is -2.23. The zero-order valence-corrected chi connectivity index (χ0v) is 14.9. The molecule has 0 aliphatic rings. The molecule has 0 atom stereocenters. The van der Waals surface area contributed by atoms with E-state index in [1.165, 1.54) is 35.2 Å². The highest BCUT2D eigenvalue weighted by Gasteiger charge is 2.09. The van der Waals surface area contributed by atoms with Gasteiger partial charge in [-0.15, -0.1) is 0 Å². The molecule has 3 rings (SSSR count). The maximum atomic E-state index is 12.4. The van der Waals surface area contributed by atoms with Crippen LogP contribution in [0.1, 0.15) is 6.42 Å². The Labute approximate surface area is 150 Å². The molecule has 1 N–H and O–H groups in total. The molecule has 134 valence electrons. The molecule has 0 saturated heterocycles. The second-order valence-electron chi connectivity index (χ2n) is 5.85. The maximum Gasteiger partial charge on any atom is 0.261 e. The van der Waals surface area contributed by atoms with Crippen molar-refractivity contribution in [1.82, 2.24) is 9.55 Å². The number of para-hydroxylation sites is 1. The minimum absolute atomic E-state index is 0.0910. The highest BCUT2D eigenvalue weighted by molar-refractivity contribution is 7.90. The van der Waals surface area contributed by atoms with Crippen molar-refractivity contribution in [2.75, 3.05) is 11.6 Å². The van der Waals surface area contributed by atoms with Crippen LogP contribution in [0.2, 0.25) is 0 Å². The van der Waals surface area contributed by atoms with E-state index in [4.69, 9.17) is 0 Å². The number of carbonyl (C=O) groups excluding carboxylic acids is 1. The fourth-order valence-electron chi connectivity index (χ4n) is 2.50. The molecule has 0 unspecified atom stereocenters. The number of hydrogen-bond donors (Lipinski definition) is 1. The van der Waals surface area contributed by atoms with Gasteiger partial charge in [-0.1, -0.05) is 12.1 Å². The van der Waals surface area contributed by atoms with Crippen LogP contribution in [0.4, 0.5) is 5.69 Å². The van der Waals surface area contributed by atoms with E-state index in [1.54, 1.807) is 18.2 Å². The Morgan fingerprint density at radius 2 is 1.81 bits per heavy atom. The van der Waals surface area contributed by atoms with Crippen LogP contribution in [0.5, 0.6) is 0 Å². The molecule has 26 heavy (non-hydrogen) atoms. The number of aromatic nitrogens is 2. The molecule has 0 bridgehead atoms. The lowest BCUT2D eigenvalue weighted by Gasteiger charge is -2.08. The third-order valence-corrected chi connectivity index (χ3v) is 5.01. The van der Waals surface area contributed by atoms with Crippen LogP contribution in [-0.2, 0) is 21.2 Å². The summed E-state index contributed by atoms with van der Waals surface area (Å²) in [6.07, 6.45) is 2.64. The van der Waals surface area contributed by atoms with E-state index >= 15 is 0 Å². The van der Waals surface area contributed by atoms with Crippen LogP contribution in [0.25, 0.3) is 10.9 Å². The van der Waals surface area contributed by atoms with Crippen LogP contribution >= 0.6 is 0 Å². The van der Waals surface area contributed by atoms with Gasteiger partial charge in [-0.05, 0) is 36.4 Å². The summed E-state index contributed by atoms with van der Waals surface area (Å²) in [6.45, 7) is 0.198. The summed E-state index contributed by atoms with van der Waals surface area (Å²) in [7, 11) is -3.27. The Balaban J connectivity index is 1.66. The molecule has 1 aromatic heterocycles. The van der Waals surface area contributed by atoms with Gasteiger partial charge in [-0.3, -0.25) is 14.2 Å². The van der Waals surface area contributed by atoms with E-state index < -0.39 is 9.84 Å². The van der Waals surface area contributed by atoms with Gasteiger partial charge in [0.2, 0.25) is 5.91 Å². The Bertz CT molecular complexity index is 1120. The van der Waals surface area contributed by atoms with Crippen molar-refractivity contribution < 1.29 is 13.2 Å². The van der Waals surface area contributed by atoms with Crippen molar-refractivity contribution in [3.63, 3.8) is 0 Å². The Hall–Kier alpha value is -3.00. The van der Waals surface area contributed by atoms with Crippen LogP contribution < -0.4 is 10.9 Å². The monoisotopic (exact) mass is 371 g/mol. The number of aryl methyl sites for hydroxylation is 1. The smallest absolute Gasteiger partial charge is 0.261 e. The standard InChI is InChI=1S/C18H17N3O4S/c1-26(24,25)14-8-6-13(7-9-14)20-17(22)10-11-21-12-19-16-5-3-2-4-15(16)18(21)23/h2-9,12H,10-11H2,1H3,(H,20,22). The summed E-state index contributed by atoms with van der Waals surface area (Å²) in [6, 6.07) is 12.9. The average Bonchev–Trinajstić information content (AvgIpc) is 2.61. The van der Waals surface area contributed by atoms with Crippen molar-refractivity contribution in [3.05, 3.63) is 65.2 Å². The third kappa shape index (κ3) is 3.97. The number of nitrogens with one attached hydrogen (secondary N) is 1. The number of amides is 1. The predicted molar refractivity (Wildman–Crippen MR) is 98.8 cm³/mol.